The van der Waals surface area contributed by atoms with E-state index in [2.05, 4.69) is 19.9 Å². The highest BCUT2D eigenvalue weighted by Gasteiger charge is 2.29. The summed E-state index contributed by atoms with van der Waals surface area (Å²) >= 11 is 0. The fraction of sp³-hybridized carbons (Fsp3) is 0.350. The second-order valence-electron chi connectivity index (χ2n) is 6.50. The van der Waals surface area contributed by atoms with Crippen molar-refractivity contribution >= 4 is 11.6 Å². The van der Waals surface area contributed by atoms with E-state index < -0.39 is 0 Å². The number of ether oxygens (including phenoxy) is 1. The Bertz CT molecular complexity index is 751. The summed E-state index contributed by atoms with van der Waals surface area (Å²) in [4.78, 5) is 15.1. The van der Waals surface area contributed by atoms with Crippen LogP contribution in [0.5, 0.6) is 5.75 Å². The lowest BCUT2D eigenvalue weighted by Gasteiger charge is -2.34. The molecule has 0 saturated heterocycles. The molecule has 1 amide bonds. The van der Waals surface area contributed by atoms with Crippen LogP contribution in [-0.4, -0.2) is 19.6 Å². The summed E-state index contributed by atoms with van der Waals surface area (Å²) in [5, 5.41) is 0. The van der Waals surface area contributed by atoms with Crippen molar-refractivity contribution < 1.29 is 9.53 Å². The largest absolute Gasteiger partial charge is 0.496 e. The smallest absolute Gasteiger partial charge is 0.262 e. The molecule has 3 nitrogen and oxygen atoms in total. The molecule has 23 heavy (non-hydrogen) atoms. The number of carbonyl (C=O) groups is 1. The van der Waals surface area contributed by atoms with Crippen LogP contribution in [0.4, 0.5) is 5.69 Å². The molecular weight excluding hydrogens is 286 g/mol. The first-order valence-corrected chi connectivity index (χ1v) is 8.06. The number of nitrogens with zero attached hydrogens (tertiary/aromatic N) is 1. The summed E-state index contributed by atoms with van der Waals surface area (Å²) in [6, 6.07) is 11.9. The van der Waals surface area contributed by atoms with E-state index in [9.17, 15) is 4.79 Å². The van der Waals surface area contributed by atoms with Crippen LogP contribution < -0.4 is 9.64 Å². The van der Waals surface area contributed by atoms with Gasteiger partial charge >= 0.3 is 0 Å². The number of hydrogen-bond acceptors (Lipinski definition) is 2. The van der Waals surface area contributed by atoms with Crippen LogP contribution in [0, 0.1) is 19.8 Å². The number of hydrogen-bond donors (Lipinski definition) is 0. The summed E-state index contributed by atoms with van der Waals surface area (Å²) in [6.07, 6.45) is 1.02. The first-order valence-electron chi connectivity index (χ1n) is 8.06. The number of rotatable bonds is 2. The second-order valence-corrected chi connectivity index (χ2v) is 6.50. The molecule has 0 radical (unpaired) electrons. The minimum absolute atomic E-state index is 0.0175. The van der Waals surface area contributed by atoms with Crippen LogP contribution in [0.3, 0.4) is 0 Å². The van der Waals surface area contributed by atoms with Gasteiger partial charge in [0.15, 0.2) is 0 Å². The number of carbonyl (C=O) groups excluding carboxylic acids is 1. The maximum Gasteiger partial charge on any atom is 0.262 e. The Labute approximate surface area is 137 Å². The van der Waals surface area contributed by atoms with Crippen molar-refractivity contribution in [2.45, 2.75) is 27.2 Å². The highest BCUT2D eigenvalue weighted by Crippen LogP contribution is 2.34. The molecule has 0 unspecified atom stereocenters. The van der Waals surface area contributed by atoms with Gasteiger partial charge in [-0.25, -0.2) is 0 Å². The molecule has 1 atom stereocenters. The summed E-state index contributed by atoms with van der Waals surface area (Å²) in [5.41, 5.74) is 5.27. The number of benzene rings is 2. The maximum atomic E-state index is 13.2. The molecule has 120 valence electrons. The second kappa shape index (κ2) is 6.07. The van der Waals surface area contributed by atoms with Gasteiger partial charge in [0.2, 0.25) is 0 Å². The fourth-order valence-corrected chi connectivity index (χ4v) is 3.35. The van der Waals surface area contributed by atoms with E-state index in [1.54, 1.807) is 7.11 Å². The molecule has 0 fully saturated rings. The Balaban J connectivity index is 2.08. The third-order valence-corrected chi connectivity index (χ3v) is 4.55. The molecule has 0 saturated carbocycles. The van der Waals surface area contributed by atoms with Crippen molar-refractivity contribution in [3.05, 3.63) is 58.7 Å². The number of methoxy groups -OCH3 is 1. The Morgan fingerprint density at radius 1 is 1.22 bits per heavy atom. The van der Waals surface area contributed by atoms with Crippen LogP contribution >= 0.6 is 0 Å². The Kier molecular flexibility index (Phi) is 4.12. The molecule has 0 aliphatic carbocycles. The van der Waals surface area contributed by atoms with Gasteiger partial charge in [0, 0.05) is 12.2 Å². The van der Waals surface area contributed by atoms with Gasteiger partial charge in [0.05, 0.1) is 12.7 Å². The summed E-state index contributed by atoms with van der Waals surface area (Å²) in [7, 11) is 1.61. The third kappa shape index (κ3) is 2.83. The Hall–Kier alpha value is -2.29. The van der Waals surface area contributed by atoms with Crippen LogP contribution in [-0.2, 0) is 6.42 Å². The fourth-order valence-electron chi connectivity index (χ4n) is 3.35. The van der Waals surface area contributed by atoms with Crippen molar-refractivity contribution in [2.24, 2.45) is 5.92 Å². The van der Waals surface area contributed by atoms with Crippen LogP contribution in [0.25, 0.3) is 0 Å². The van der Waals surface area contributed by atoms with Crippen LogP contribution in [0.2, 0.25) is 0 Å². The zero-order chi connectivity index (χ0) is 16.6. The summed E-state index contributed by atoms with van der Waals surface area (Å²) in [6.45, 7) is 7.05. The molecule has 0 spiro atoms. The molecule has 2 aromatic carbocycles. The van der Waals surface area contributed by atoms with Crippen LogP contribution in [0.1, 0.15) is 34.0 Å². The predicted octanol–water partition coefficient (Wildman–Crippen LogP) is 4.15. The standard InChI is InChI=1S/C20H23NO2/c1-13-8-9-19(23-4)17(10-13)20(22)21-12-14(2)11-16-15(3)6-5-7-18(16)21/h5-10,14H,11-12H2,1-4H3/t14-/m1/s1. The number of amides is 1. The van der Waals surface area contributed by atoms with Gasteiger partial charge in [0.1, 0.15) is 5.75 Å². The van der Waals surface area contributed by atoms with Crippen molar-refractivity contribution in [3.8, 4) is 5.75 Å². The Morgan fingerprint density at radius 2 is 2.00 bits per heavy atom. The van der Waals surface area contributed by atoms with Gasteiger partial charge in [0.25, 0.3) is 5.91 Å². The zero-order valence-corrected chi connectivity index (χ0v) is 14.2. The summed E-state index contributed by atoms with van der Waals surface area (Å²) in [5.74, 6) is 1.10. The van der Waals surface area contributed by atoms with Gasteiger partial charge < -0.3 is 9.64 Å². The number of anilines is 1. The maximum absolute atomic E-state index is 13.2. The normalized spacial score (nSPS) is 16.9. The highest BCUT2D eigenvalue weighted by molar-refractivity contribution is 6.08. The zero-order valence-electron chi connectivity index (χ0n) is 14.2. The molecule has 1 aliphatic heterocycles. The molecule has 1 heterocycles. The average Bonchev–Trinajstić information content (AvgIpc) is 2.54. The lowest BCUT2D eigenvalue weighted by Crippen LogP contribution is -2.39. The van der Waals surface area contributed by atoms with E-state index >= 15 is 0 Å². The molecule has 0 aromatic heterocycles. The molecule has 1 aliphatic rings. The van der Waals surface area contributed by atoms with Gasteiger partial charge in [-0.15, -0.1) is 0 Å². The lowest BCUT2D eigenvalue weighted by molar-refractivity contribution is 0.0978. The molecule has 2 aromatic rings. The van der Waals surface area contributed by atoms with Crippen molar-refractivity contribution in [1.29, 1.82) is 0 Å². The minimum Gasteiger partial charge on any atom is -0.496 e. The quantitative estimate of drug-likeness (QED) is 0.834. The van der Waals surface area contributed by atoms with Gasteiger partial charge in [-0.1, -0.05) is 30.7 Å². The van der Waals surface area contributed by atoms with E-state index in [1.165, 1.54) is 11.1 Å². The topological polar surface area (TPSA) is 29.5 Å². The monoisotopic (exact) mass is 309 g/mol. The number of fused-ring (bicyclic) bond motifs is 1. The van der Waals surface area contributed by atoms with E-state index in [1.807, 2.05) is 42.2 Å². The molecule has 3 heteroatoms. The van der Waals surface area contributed by atoms with Gasteiger partial charge in [-0.3, -0.25) is 4.79 Å². The molecule has 0 bridgehead atoms. The average molecular weight is 309 g/mol. The first kappa shape index (κ1) is 15.6. The highest BCUT2D eigenvalue weighted by atomic mass is 16.5. The summed E-state index contributed by atoms with van der Waals surface area (Å²) < 4.78 is 5.40. The van der Waals surface area contributed by atoms with Crippen molar-refractivity contribution in [1.82, 2.24) is 0 Å². The number of aryl methyl sites for hydroxylation is 2. The SMILES string of the molecule is COc1ccc(C)cc1C(=O)N1C[C@H](C)Cc2c(C)cccc21. The van der Waals surface area contributed by atoms with E-state index in [-0.39, 0.29) is 5.91 Å². The first-order chi connectivity index (χ1) is 11.0. The molecule has 3 rings (SSSR count). The van der Waals surface area contributed by atoms with Crippen LogP contribution in [0.15, 0.2) is 36.4 Å². The van der Waals surface area contributed by atoms with Crippen molar-refractivity contribution in [2.75, 3.05) is 18.6 Å². The molecular formula is C20H23NO2. The van der Waals surface area contributed by atoms with Gasteiger partial charge in [-0.2, -0.15) is 0 Å². The van der Waals surface area contributed by atoms with Gasteiger partial charge in [-0.05, 0) is 55.5 Å². The molecule has 0 N–H and O–H groups in total. The van der Waals surface area contributed by atoms with E-state index in [0.717, 1.165) is 24.2 Å². The van der Waals surface area contributed by atoms with E-state index in [4.69, 9.17) is 4.74 Å². The minimum atomic E-state index is 0.0175. The predicted molar refractivity (Wildman–Crippen MR) is 93.5 cm³/mol. The van der Waals surface area contributed by atoms with E-state index in [0.29, 0.717) is 17.2 Å². The van der Waals surface area contributed by atoms with Crippen molar-refractivity contribution in [3.63, 3.8) is 0 Å². The third-order valence-electron chi connectivity index (χ3n) is 4.55. The lowest BCUT2D eigenvalue weighted by atomic mass is 9.90. The Morgan fingerprint density at radius 3 is 2.74 bits per heavy atom.